The summed E-state index contributed by atoms with van der Waals surface area (Å²) in [7, 11) is 0. The van der Waals surface area contributed by atoms with Crippen LogP contribution in [0.25, 0.3) is 10.8 Å². The molecule has 2 N–H and O–H groups in total. The number of amides is 1. The van der Waals surface area contributed by atoms with Crippen molar-refractivity contribution in [3.8, 4) is 0 Å². The van der Waals surface area contributed by atoms with Gasteiger partial charge in [-0.05, 0) is 19.9 Å². The lowest BCUT2D eigenvalue weighted by Gasteiger charge is -2.11. The predicted octanol–water partition coefficient (Wildman–Crippen LogP) is 1.71. The molecule has 0 fully saturated rings. The van der Waals surface area contributed by atoms with Gasteiger partial charge in [0.05, 0.1) is 11.6 Å². The quantitative estimate of drug-likeness (QED) is 0.766. The summed E-state index contributed by atoms with van der Waals surface area (Å²) in [5, 5.41) is 9.87. The molecule has 0 aliphatic rings. The van der Waals surface area contributed by atoms with E-state index in [1.807, 2.05) is 0 Å². The average molecular weight is 298 g/mol. The van der Waals surface area contributed by atoms with Crippen LogP contribution in [0.15, 0.2) is 39.7 Å². The number of nitrogens with one attached hydrogen (secondary N) is 2. The van der Waals surface area contributed by atoms with Crippen LogP contribution >= 0.6 is 0 Å². The largest absolute Gasteiger partial charge is 0.444 e. The van der Waals surface area contributed by atoms with E-state index in [2.05, 4.69) is 20.5 Å². The number of rotatable bonds is 3. The van der Waals surface area contributed by atoms with Crippen molar-refractivity contribution in [2.45, 2.75) is 19.9 Å². The first-order valence-corrected chi connectivity index (χ1v) is 6.77. The molecule has 3 rings (SSSR count). The Balaban J connectivity index is 1.93. The van der Waals surface area contributed by atoms with Gasteiger partial charge in [0.15, 0.2) is 5.69 Å². The van der Waals surface area contributed by atoms with Crippen molar-refractivity contribution in [3.63, 3.8) is 0 Å². The van der Waals surface area contributed by atoms with Gasteiger partial charge in [-0.3, -0.25) is 9.59 Å². The Morgan fingerprint density at radius 2 is 2.05 bits per heavy atom. The van der Waals surface area contributed by atoms with Gasteiger partial charge in [-0.15, -0.1) is 0 Å². The van der Waals surface area contributed by atoms with Crippen LogP contribution < -0.4 is 10.9 Å². The van der Waals surface area contributed by atoms with Crippen molar-refractivity contribution in [1.82, 2.24) is 20.5 Å². The number of nitrogens with zero attached hydrogens (tertiary/aromatic N) is 2. The number of aromatic nitrogens is 3. The second kappa shape index (κ2) is 5.44. The number of aryl methyl sites for hydroxylation is 1. The summed E-state index contributed by atoms with van der Waals surface area (Å²) in [6.07, 6.45) is 1.59. The standard InChI is InChI=1S/C15H14N4O3/c1-8-7-16-15(22-8)9(2)17-14(21)12-10-5-3-4-6-11(10)13(20)19-18-12/h3-7,9H,1-2H3,(H,17,21)(H,19,20). The highest BCUT2D eigenvalue weighted by Gasteiger charge is 2.19. The molecule has 22 heavy (non-hydrogen) atoms. The van der Waals surface area contributed by atoms with Crippen LogP contribution in [0, 0.1) is 6.92 Å². The molecule has 0 saturated carbocycles. The van der Waals surface area contributed by atoms with E-state index in [4.69, 9.17) is 4.42 Å². The molecule has 2 heterocycles. The fourth-order valence-electron chi connectivity index (χ4n) is 2.19. The van der Waals surface area contributed by atoms with Gasteiger partial charge in [0.25, 0.3) is 11.5 Å². The molecule has 1 aromatic carbocycles. The molecule has 0 aliphatic heterocycles. The third kappa shape index (κ3) is 2.48. The zero-order valence-corrected chi connectivity index (χ0v) is 12.1. The van der Waals surface area contributed by atoms with Crippen molar-refractivity contribution in [2.75, 3.05) is 0 Å². The third-order valence-electron chi connectivity index (χ3n) is 3.27. The normalized spacial score (nSPS) is 12.3. The Morgan fingerprint density at radius 1 is 1.32 bits per heavy atom. The summed E-state index contributed by atoms with van der Waals surface area (Å²) in [5.74, 6) is 0.680. The van der Waals surface area contributed by atoms with Gasteiger partial charge in [0.1, 0.15) is 11.8 Å². The number of hydrogen-bond donors (Lipinski definition) is 2. The van der Waals surface area contributed by atoms with Gasteiger partial charge >= 0.3 is 0 Å². The Labute approximate surface area is 125 Å². The molecule has 1 amide bonds. The molecule has 112 valence electrons. The minimum Gasteiger partial charge on any atom is -0.444 e. The Bertz CT molecular complexity index is 897. The van der Waals surface area contributed by atoms with Crippen molar-refractivity contribution >= 4 is 16.7 Å². The van der Waals surface area contributed by atoms with Crippen LogP contribution in [0.2, 0.25) is 0 Å². The van der Waals surface area contributed by atoms with Crippen LogP contribution in [0.1, 0.15) is 35.1 Å². The number of carbonyl (C=O) groups is 1. The monoisotopic (exact) mass is 298 g/mol. The number of oxazole rings is 1. The molecule has 1 unspecified atom stereocenters. The highest BCUT2D eigenvalue weighted by Crippen LogP contribution is 2.15. The molecular formula is C15H14N4O3. The van der Waals surface area contributed by atoms with Crippen LogP contribution in [0.5, 0.6) is 0 Å². The highest BCUT2D eigenvalue weighted by molar-refractivity contribution is 6.04. The molecule has 3 aromatic rings. The number of hydrogen-bond acceptors (Lipinski definition) is 5. The molecule has 7 heteroatoms. The predicted molar refractivity (Wildman–Crippen MR) is 79.5 cm³/mol. The zero-order chi connectivity index (χ0) is 15.7. The first-order chi connectivity index (χ1) is 10.6. The van der Waals surface area contributed by atoms with E-state index in [0.29, 0.717) is 22.4 Å². The lowest BCUT2D eigenvalue weighted by atomic mass is 10.1. The van der Waals surface area contributed by atoms with E-state index in [0.717, 1.165) is 0 Å². The van der Waals surface area contributed by atoms with Gasteiger partial charge in [0.2, 0.25) is 5.89 Å². The SMILES string of the molecule is Cc1cnc(C(C)NC(=O)c2n[nH]c(=O)c3ccccc23)o1. The molecule has 2 aromatic heterocycles. The Morgan fingerprint density at radius 3 is 2.73 bits per heavy atom. The Hall–Kier alpha value is -2.96. The smallest absolute Gasteiger partial charge is 0.273 e. The number of fused-ring (bicyclic) bond motifs is 1. The third-order valence-corrected chi connectivity index (χ3v) is 3.27. The number of carbonyl (C=O) groups excluding carboxylic acids is 1. The van der Waals surface area contributed by atoms with E-state index in [1.165, 1.54) is 0 Å². The van der Waals surface area contributed by atoms with E-state index in [-0.39, 0.29) is 11.3 Å². The van der Waals surface area contributed by atoms with E-state index in [9.17, 15) is 9.59 Å². The van der Waals surface area contributed by atoms with Crippen molar-refractivity contribution < 1.29 is 9.21 Å². The van der Waals surface area contributed by atoms with Gasteiger partial charge in [0, 0.05) is 5.39 Å². The summed E-state index contributed by atoms with van der Waals surface area (Å²) >= 11 is 0. The molecule has 0 radical (unpaired) electrons. The fraction of sp³-hybridized carbons (Fsp3) is 0.200. The molecule has 0 aliphatic carbocycles. The molecule has 7 nitrogen and oxygen atoms in total. The van der Waals surface area contributed by atoms with Gasteiger partial charge < -0.3 is 9.73 Å². The van der Waals surface area contributed by atoms with Crippen molar-refractivity contribution in [2.24, 2.45) is 0 Å². The summed E-state index contributed by atoms with van der Waals surface area (Å²) in [4.78, 5) is 28.2. The maximum absolute atomic E-state index is 12.4. The molecule has 0 bridgehead atoms. The zero-order valence-electron chi connectivity index (χ0n) is 12.1. The first-order valence-electron chi connectivity index (χ1n) is 6.77. The topological polar surface area (TPSA) is 101 Å². The summed E-state index contributed by atoms with van der Waals surface area (Å²) in [6.45, 7) is 3.54. The van der Waals surface area contributed by atoms with Crippen LogP contribution in [0.4, 0.5) is 0 Å². The second-order valence-electron chi connectivity index (χ2n) is 4.95. The highest BCUT2D eigenvalue weighted by atomic mass is 16.4. The molecule has 0 spiro atoms. The lowest BCUT2D eigenvalue weighted by molar-refractivity contribution is 0.0929. The summed E-state index contributed by atoms with van der Waals surface area (Å²) < 4.78 is 5.38. The number of aromatic amines is 1. The lowest BCUT2D eigenvalue weighted by Crippen LogP contribution is -2.29. The van der Waals surface area contributed by atoms with E-state index in [1.54, 1.807) is 44.3 Å². The summed E-state index contributed by atoms with van der Waals surface area (Å²) in [6, 6.07) is 6.41. The van der Waals surface area contributed by atoms with Crippen LogP contribution in [-0.2, 0) is 0 Å². The van der Waals surface area contributed by atoms with E-state index >= 15 is 0 Å². The van der Waals surface area contributed by atoms with Crippen LogP contribution in [-0.4, -0.2) is 21.1 Å². The summed E-state index contributed by atoms with van der Waals surface area (Å²) in [5.41, 5.74) is -0.172. The van der Waals surface area contributed by atoms with Gasteiger partial charge in [-0.1, -0.05) is 18.2 Å². The first kappa shape index (κ1) is 14.0. The molecule has 1 atom stereocenters. The van der Waals surface area contributed by atoms with Crippen molar-refractivity contribution in [3.05, 3.63) is 58.2 Å². The second-order valence-corrected chi connectivity index (χ2v) is 4.95. The van der Waals surface area contributed by atoms with Gasteiger partial charge in [-0.25, -0.2) is 10.1 Å². The van der Waals surface area contributed by atoms with E-state index < -0.39 is 11.9 Å². The number of benzene rings is 1. The van der Waals surface area contributed by atoms with Crippen LogP contribution in [0.3, 0.4) is 0 Å². The van der Waals surface area contributed by atoms with Crippen molar-refractivity contribution in [1.29, 1.82) is 0 Å². The maximum atomic E-state index is 12.4. The molecular weight excluding hydrogens is 284 g/mol. The number of H-pyrrole nitrogens is 1. The minimum absolute atomic E-state index is 0.158. The Kier molecular flexibility index (Phi) is 3.46. The maximum Gasteiger partial charge on any atom is 0.273 e. The molecule has 0 saturated heterocycles. The fourth-order valence-corrected chi connectivity index (χ4v) is 2.19. The average Bonchev–Trinajstić information content (AvgIpc) is 2.94. The minimum atomic E-state index is -0.409. The van der Waals surface area contributed by atoms with Gasteiger partial charge in [-0.2, -0.15) is 5.10 Å².